The average Bonchev–Trinajstić information content (AvgIpc) is 2.79. The first-order chi connectivity index (χ1) is 16.4. The molecule has 0 spiro atoms. The number of carbonyl (C=O) groups excluding carboxylic acids is 1. The zero-order valence-corrected chi connectivity index (χ0v) is 20.3. The Hall–Kier alpha value is -3.24. The number of sulfonamides is 1. The number of benzene rings is 3. The summed E-state index contributed by atoms with van der Waals surface area (Å²) in [6.07, 6.45) is -3.89. The van der Waals surface area contributed by atoms with Crippen LogP contribution in [0.5, 0.6) is 5.75 Å². The number of amides is 1. The summed E-state index contributed by atoms with van der Waals surface area (Å²) in [5.41, 5.74) is 1.33. The van der Waals surface area contributed by atoms with Gasteiger partial charge in [-0.15, -0.1) is 0 Å². The molecule has 3 rings (SSSR count). The van der Waals surface area contributed by atoms with Crippen molar-refractivity contribution in [2.45, 2.75) is 31.3 Å². The Labute approximate surface area is 206 Å². The molecule has 0 aliphatic carbocycles. The minimum atomic E-state index is -4.62. The predicted molar refractivity (Wildman–Crippen MR) is 128 cm³/mol. The molecule has 0 aliphatic rings. The summed E-state index contributed by atoms with van der Waals surface area (Å²) in [6, 6.07) is 13.0. The van der Waals surface area contributed by atoms with Gasteiger partial charge in [-0.2, -0.15) is 13.2 Å². The summed E-state index contributed by atoms with van der Waals surface area (Å²) >= 11 is 6.14. The Kier molecular flexibility index (Phi) is 7.97. The van der Waals surface area contributed by atoms with Gasteiger partial charge in [-0.25, -0.2) is 8.42 Å². The van der Waals surface area contributed by atoms with E-state index in [1.54, 1.807) is 0 Å². The second kappa shape index (κ2) is 10.6. The molecule has 0 saturated carbocycles. The van der Waals surface area contributed by atoms with Gasteiger partial charge in [0.1, 0.15) is 5.75 Å². The average molecular weight is 527 g/mol. The molecule has 35 heavy (non-hydrogen) atoms. The van der Waals surface area contributed by atoms with Crippen LogP contribution in [0.4, 0.5) is 24.5 Å². The van der Waals surface area contributed by atoms with Gasteiger partial charge in [-0.1, -0.05) is 42.8 Å². The molecule has 0 atom stereocenters. The van der Waals surface area contributed by atoms with Crippen molar-refractivity contribution in [2.24, 2.45) is 0 Å². The number of ether oxygens (including phenoxy) is 1. The Morgan fingerprint density at radius 1 is 1.06 bits per heavy atom. The van der Waals surface area contributed by atoms with E-state index < -0.39 is 27.7 Å². The lowest BCUT2D eigenvalue weighted by Crippen LogP contribution is -2.21. The highest BCUT2D eigenvalue weighted by Crippen LogP contribution is 2.32. The quantitative estimate of drug-likeness (QED) is 0.374. The highest BCUT2D eigenvalue weighted by molar-refractivity contribution is 7.92. The van der Waals surface area contributed by atoms with Gasteiger partial charge in [-0.3, -0.25) is 9.52 Å². The van der Waals surface area contributed by atoms with E-state index in [0.717, 1.165) is 35.7 Å². The lowest BCUT2D eigenvalue weighted by atomic mass is 10.1. The van der Waals surface area contributed by atoms with Crippen molar-refractivity contribution in [3.63, 3.8) is 0 Å². The first-order valence-corrected chi connectivity index (χ1v) is 12.3. The van der Waals surface area contributed by atoms with Gasteiger partial charge in [0, 0.05) is 11.4 Å². The molecule has 0 saturated heterocycles. The molecule has 186 valence electrons. The number of alkyl halides is 3. The summed E-state index contributed by atoms with van der Waals surface area (Å²) in [5, 5.41) is 2.72. The molecular weight excluding hydrogens is 505 g/mol. The standard InChI is InChI=1S/C24H22ClF3N2O4S/c1-3-16-7-4-6-15(2)23(16)29-22(31)14-34-21-11-10-19(13-20(21)25)35(32,33)30-18-9-5-8-17(12-18)24(26,27)28/h4-13,30H,3,14H2,1-2H3,(H,29,31). The smallest absolute Gasteiger partial charge is 0.416 e. The lowest BCUT2D eigenvalue weighted by molar-refractivity contribution is -0.137. The van der Waals surface area contributed by atoms with Crippen LogP contribution in [0.3, 0.4) is 0 Å². The zero-order chi connectivity index (χ0) is 25.8. The SMILES string of the molecule is CCc1cccc(C)c1NC(=O)COc1ccc(S(=O)(=O)Nc2cccc(C(F)(F)F)c2)cc1Cl. The molecule has 0 bridgehead atoms. The van der Waals surface area contributed by atoms with Gasteiger partial charge in [0.2, 0.25) is 0 Å². The molecule has 0 unspecified atom stereocenters. The van der Waals surface area contributed by atoms with Gasteiger partial charge >= 0.3 is 6.18 Å². The van der Waals surface area contributed by atoms with Crippen LogP contribution in [-0.2, 0) is 27.4 Å². The summed E-state index contributed by atoms with van der Waals surface area (Å²) in [7, 11) is -4.24. The van der Waals surface area contributed by atoms with Crippen molar-refractivity contribution < 1.29 is 31.1 Å². The molecule has 3 aromatic carbocycles. The van der Waals surface area contributed by atoms with Crippen molar-refractivity contribution in [1.29, 1.82) is 0 Å². The molecule has 0 aliphatic heterocycles. The van der Waals surface area contributed by atoms with Crippen LogP contribution >= 0.6 is 11.6 Å². The lowest BCUT2D eigenvalue weighted by Gasteiger charge is -2.14. The van der Waals surface area contributed by atoms with Gasteiger partial charge in [0.05, 0.1) is 15.5 Å². The van der Waals surface area contributed by atoms with E-state index in [-0.39, 0.29) is 28.0 Å². The number of hydrogen-bond donors (Lipinski definition) is 2. The second-order valence-electron chi connectivity index (χ2n) is 7.58. The van der Waals surface area contributed by atoms with Gasteiger partial charge in [0.15, 0.2) is 6.61 Å². The number of nitrogens with one attached hydrogen (secondary N) is 2. The molecule has 0 heterocycles. The van der Waals surface area contributed by atoms with E-state index in [1.165, 1.54) is 18.2 Å². The van der Waals surface area contributed by atoms with E-state index >= 15 is 0 Å². The molecule has 3 aromatic rings. The van der Waals surface area contributed by atoms with Gasteiger partial charge in [-0.05, 0) is 60.9 Å². The number of halogens is 4. The number of anilines is 2. The Balaban J connectivity index is 1.69. The highest BCUT2D eigenvalue weighted by Gasteiger charge is 2.30. The monoisotopic (exact) mass is 526 g/mol. The van der Waals surface area contributed by atoms with Crippen LogP contribution in [0.2, 0.25) is 5.02 Å². The molecule has 1 amide bonds. The first kappa shape index (κ1) is 26.4. The summed E-state index contributed by atoms with van der Waals surface area (Å²) < 4.78 is 71.5. The van der Waals surface area contributed by atoms with E-state index in [1.807, 2.05) is 32.0 Å². The second-order valence-corrected chi connectivity index (χ2v) is 9.67. The van der Waals surface area contributed by atoms with E-state index in [2.05, 4.69) is 10.0 Å². The molecular formula is C24H22ClF3N2O4S. The number of aryl methyl sites for hydroxylation is 2. The summed E-state index contributed by atoms with van der Waals surface area (Å²) in [4.78, 5) is 12.1. The summed E-state index contributed by atoms with van der Waals surface area (Å²) in [6.45, 7) is 3.48. The maximum absolute atomic E-state index is 12.9. The number of rotatable bonds is 8. The third-order valence-corrected chi connectivity index (χ3v) is 6.69. The fourth-order valence-electron chi connectivity index (χ4n) is 3.26. The Morgan fingerprint density at radius 3 is 2.43 bits per heavy atom. The third-order valence-electron chi connectivity index (χ3n) is 5.02. The van der Waals surface area contributed by atoms with Crippen LogP contribution in [0.1, 0.15) is 23.6 Å². The number of para-hydroxylation sites is 1. The molecule has 2 N–H and O–H groups in total. The van der Waals surface area contributed by atoms with E-state index in [9.17, 15) is 26.4 Å². The van der Waals surface area contributed by atoms with Crippen LogP contribution in [0.25, 0.3) is 0 Å². The molecule has 6 nitrogen and oxygen atoms in total. The van der Waals surface area contributed by atoms with E-state index in [0.29, 0.717) is 11.8 Å². The Morgan fingerprint density at radius 2 is 1.77 bits per heavy atom. The third kappa shape index (κ3) is 6.67. The summed E-state index contributed by atoms with van der Waals surface area (Å²) in [5.74, 6) is -0.353. The topological polar surface area (TPSA) is 84.5 Å². The zero-order valence-electron chi connectivity index (χ0n) is 18.7. The molecule has 11 heteroatoms. The minimum Gasteiger partial charge on any atom is -0.482 e. The largest absolute Gasteiger partial charge is 0.482 e. The van der Waals surface area contributed by atoms with Crippen molar-refractivity contribution >= 4 is 38.9 Å². The maximum Gasteiger partial charge on any atom is 0.416 e. The van der Waals surface area contributed by atoms with Crippen LogP contribution in [0, 0.1) is 6.92 Å². The molecule has 0 fully saturated rings. The van der Waals surface area contributed by atoms with Crippen LogP contribution in [0.15, 0.2) is 65.6 Å². The predicted octanol–water partition coefficient (Wildman–Crippen LogP) is 6.05. The van der Waals surface area contributed by atoms with Gasteiger partial charge in [0.25, 0.3) is 15.9 Å². The minimum absolute atomic E-state index is 0.0698. The van der Waals surface area contributed by atoms with Crippen LogP contribution in [-0.4, -0.2) is 20.9 Å². The highest BCUT2D eigenvalue weighted by atomic mass is 35.5. The van der Waals surface area contributed by atoms with Crippen molar-refractivity contribution in [2.75, 3.05) is 16.6 Å². The fourth-order valence-corrected chi connectivity index (χ4v) is 4.63. The normalized spacial score (nSPS) is 11.7. The molecule has 0 radical (unpaired) electrons. The fraction of sp³-hybridized carbons (Fsp3) is 0.208. The van der Waals surface area contributed by atoms with E-state index in [4.69, 9.17) is 16.3 Å². The first-order valence-electron chi connectivity index (χ1n) is 10.4. The molecule has 0 aromatic heterocycles. The van der Waals surface area contributed by atoms with Crippen molar-refractivity contribution in [1.82, 2.24) is 0 Å². The van der Waals surface area contributed by atoms with Crippen molar-refractivity contribution in [3.05, 3.63) is 82.4 Å². The number of hydrogen-bond acceptors (Lipinski definition) is 4. The van der Waals surface area contributed by atoms with Crippen molar-refractivity contribution in [3.8, 4) is 5.75 Å². The number of carbonyl (C=O) groups is 1. The Bertz CT molecular complexity index is 1340. The van der Waals surface area contributed by atoms with Crippen LogP contribution < -0.4 is 14.8 Å². The maximum atomic E-state index is 12.9. The van der Waals surface area contributed by atoms with Gasteiger partial charge < -0.3 is 10.1 Å².